The van der Waals surface area contributed by atoms with Crippen LogP contribution in [0.3, 0.4) is 0 Å². The van der Waals surface area contributed by atoms with E-state index in [1.165, 1.54) is 0 Å². The molecule has 0 aromatic heterocycles. The molecule has 1 aliphatic heterocycles. The molecule has 0 saturated carbocycles. The van der Waals surface area contributed by atoms with E-state index in [0.29, 0.717) is 24.7 Å². The summed E-state index contributed by atoms with van der Waals surface area (Å²) in [5.74, 6) is -0.266. The molecule has 0 radical (unpaired) electrons. The molecule has 0 unspecified atom stereocenters. The molecule has 2 aromatic carbocycles. The van der Waals surface area contributed by atoms with Crippen LogP contribution in [0, 0.1) is 6.92 Å². The van der Waals surface area contributed by atoms with Gasteiger partial charge in [0, 0.05) is 49.1 Å². The van der Waals surface area contributed by atoms with E-state index in [9.17, 15) is 9.59 Å². The summed E-state index contributed by atoms with van der Waals surface area (Å²) >= 11 is 6.07. The Balaban J connectivity index is 1.57. The maximum Gasteiger partial charge on any atom is 0.236 e. The summed E-state index contributed by atoms with van der Waals surface area (Å²) in [5, 5.41) is 0.706. The van der Waals surface area contributed by atoms with E-state index >= 15 is 0 Å². The summed E-state index contributed by atoms with van der Waals surface area (Å²) in [6, 6.07) is 15.5. The van der Waals surface area contributed by atoms with Gasteiger partial charge in [-0.05, 0) is 49.7 Å². The minimum absolute atomic E-state index is 0.0983. The van der Waals surface area contributed by atoms with Gasteiger partial charge in [-0.25, -0.2) is 0 Å². The van der Waals surface area contributed by atoms with Crippen molar-refractivity contribution < 1.29 is 9.59 Å². The lowest BCUT2D eigenvalue weighted by Crippen LogP contribution is -2.49. The number of hydrogen-bond donors (Lipinski definition) is 0. The molecular formula is C22H26ClN3O2. The van der Waals surface area contributed by atoms with Crippen LogP contribution in [-0.2, 0) is 9.59 Å². The van der Waals surface area contributed by atoms with Crippen LogP contribution in [0.15, 0.2) is 48.5 Å². The van der Waals surface area contributed by atoms with E-state index in [-0.39, 0.29) is 18.2 Å². The number of halogens is 1. The Bertz CT molecular complexity index is 847. The van der Waals surface area contributed by atoms with Crippen molar-refractivity contribution in [3.63, 3.8) is 0 Å². The average Bonchev–Trinajstić information content (AvgIpc) is 2.69. The minimum Gasteiger partial charge on any atom is -0.368 e. The fourth-order valence-corrected chi connectivity index (χ4v) is 3.71. The van der Waals surface area contributed by atoms with Gasteiger partial charge in [0.2, 0.25) is 11.8 Å². The number of carbonyl (C=O) groups is 2. The monoisotopic (exact) mass is 399 g/mol. The van der Waals surface area contributed by atoms with Crippen molar-refractivity contribution in [1.29, 1.82) is 0 Å². The number of rotatable bonds is 5. The van der Waals surface area contributed by atoms with Gasteiger partial charge in [-0.3, -0.25) is 9.59 Å². The number of benzene rings is 2. The Morgan fingerprint density at radius 2 is 1.75 bits per heavy atom. The van der Waals surface area contributed by atoms with Gasteiger partial charge in [0.15, 0.2) is 0 Å². The first-order chi connectivity index (χ1) is 13.5. The standard InChI is InChI=1S/C22H26ClN3O2/c1-3-26(20-9-4-6-17(2)14-20)22(28)16-21(27)25-12-10-24(11-13-25)19-8-5-7-18(23)15-19/h4-9,14-15H,3,10-13,16H2,1-2H3. The van der Waals surface area contributed by atoms with Crippen molar-refractivity contribution in [1.82, 2.24) is 4.90 Å². The predicted octanol–water partition coefficient (Wildman–Crippen LogP) is 3.74. The fourth-order valence-electron chi connectivity index (χ4n) is 3.52. The highest BCUT2D eigenvalue weighted by molar-refractivity contribution is 6.30. The van der Waals surface area contributed by atoms with Crippen molar-refractivity contribution in [2.45, 2.75) is 20.3 Å². The second-order valence-corrected chi connectivity index (χ2v) is 7.44. The molecule has 2 amide bonds. The first kappa shape index (κ1) is 20.2. The normalized spacial score (nSPS) is 14.1. The summed E-state index contributed by atoms with van der Waals surface area (Å²) in [5.41, 5.74) is 2.99. The summed E-state index contributed by atoms with van der Waals surface area (Å²) in [6.07, 6.45) is -0.0983. The summed E-state index contributed by atoms with van der Waals surface area (Å²) in [7, 11) is 0. The molecule has 6 heteroatoms. The average molecular weight is 400 g/mol. The van der Waals surface area contributed by atoms with E-state index in [2.05, 4.69) is 4.90 Å². The molecule has 1 aliphatic rings. The highest BCUT2D eigenvalue weighted by atomic mass is 35.5. The van der Waals surface area contributed by atoms with E-state index in [4.69, 9.17) is 11.6 Å². The first-order valence-corrected chi connectivity index (χ1v) is 10.0. The van der Waals surface area contributed by atoms with Crippen molar-refractivity contribution in [2.24, 2.45) is 0 Å². The largest absolute Gasteiger partial charge is 0.368 e. The highest BCUT2D eigenvalue weighted by Gasteiger charge is 2.25. The number of aryl methyl sites for hydroxylation is 1. The summed E-state index contributed by atoms with van der Waals surface area (Å²) < 4.78 is 0. The lowest BCUT2D eigenvalue weighted by Gasteiger charge is -2.36. The zero-order valence-electron chi connectivity index (χ0n) is 16.4. The van der Waals surface area contributed by atoms with Crippen LogP contribution in [-0.4, -0.2) is 49.4 Å². The van der Waals surface area contributed by atoms with Gasteiger partial charge in [0.05, 0.1) is 0 Å². The Kier molecular flexibility index (Phi) is 6.57. The van der Waals surface area contributed by atoms with Crippen molar-refractivity contribution in [3.8, 4) is 0 Å². The molecule has 0 spiro atoms. The third-order valence-electron chi connectivity index (χ3n) is 5.04. The molecule has 148 valence electrons. The zero-order chi connectivity index (χ0) is 20.1. The molecule has 0 bridgehead atoms. The number of carbonyl (C=O) groups excluding carboxylic acids is 2. The van der Waals surface area contributed by atoms with Crippen LogP contribution in [0.1, 0.15) is 18.9 Å². The van der Waals surface area contributed by atoms with E-state index in [1.54, 1.807) is 9.80 Å². The Morgan fingerprint density at radius 3 is 2.39 bits per heavy atom. The van der Waals surface area contributed by atoms with E-state index < -0.39 is 0 Å². The third kappa shape index (κ3) is 4.84. The SMILES string of the molecule is CCN(C(=O)CC(=O)N1CCN(c2cccc(Cl)c2)CC1)c1cccc(C)c1. The Labute approximate surface area is 171 Å². The van der Waals surface area contributed by atoms with Gasteiger partial charge in [0.25, 0.3) is 0 Å². The molecule has 0 atom stereocenters. The maximum atomic E-state index is 12.7. The maximum absolute atomic E-state index is 12.7. The molecule has 28 heavy (non-hydrogen) atoms. The topological polar surface area (TPSA) is 43.9 Å². The Hall–Kier alpha value is -2.53. The van der Waals surface area contributed by atoms with Crippen LogP contribution in [0.25, 0.3) is 0 Å². The minimum atomic E-state index is -0.157. The molecule has 3 rings (SSSR count). The molecule has 1 fully saturated rings. The summed E-state index contributed by atoms with van der Waals surface area (Å²) in [4.78, 5) is 31.0. The van der Waals surface area contributed by atoms with Crippen molar-refractivity contribution in [2.75, 3.05) is 42.5 Å². The zero-order valence-corrected chi connectivity index (χ0v) is 17.2. The second kappa shape index (κ2) is 9.11. The van der Waals surface area contributed by atoms with Gasteiger partial charge in [-0.2, -0.15) is 0 Å². The predicted molar refractivity (Wildman–Crippen MR) is 114 cm³/mol. The van der Waals surface area contributed by atoms with E-state index in [0.717, 1.165) is 30.0 Å². The molecule has 1 heterocycles. The van der Waals surface area contributed by atoms with Crippen LogP contribution in [0.5, 0.6) is 0 Å². The lowest BCUT2D eigenvalue weighted by molar-refractivity contribution is -0.135. The molecule has 1 saturated heterocycles. The van der Waals surface area contributed by atoms with Crippen LogP contribution in [0.4, 0.5) is 11.4 Å². The van der Waals surface area contributed by atoms with Gasteiger partial charge >= 0.3 is 0 Å². The van der Waals surface area contributed by atoms with Crippen LogP contribution < -0.4 is 9.80 Å². The molecule has 2 aromatic rings. The molecule has 0 N–H and O–H groups in total. The number of nitrogens with zero attached hydrogens (tertiary/aromatic N) is 3. The molecular weight excluding hydrogens is 374 g/mol. The first-order valence-electron chi connectivity index (χ1n) is 9.63. The number of anilines is 2. The lowest BCUT2D eigenvalue weighted by atomic mass is 10.2. The number of hydrogen-bond acceptors (Lipinski definition) is 3. The highest BCUT2D eigenvalue weighted by Crippen LogP contribution is 2.21. The number of amides is 2. The second-order valence-electron chi connectivity index (χ2n) is 7.00. The molecule has 0 aliphatic carbocycles. The quantitative estimate of drug-likeness (QED) is 0.719. The number of piperazine rings is 1. The van der Waals surface area contributed by atoms with Crippen molar-refractivity contribution >= 4 is 34.8 Å². The van der Waals surface area contributed by atoms with Gasteiger partial charge in [-0.1, -0.05) is 29.8 Å². The smallest absolute Gasteiger partial charge is 0.236 e. The van der Waals surface area contributed by atoms with Gasteiger partial charge in [-0.15, -0.1) is 0 Å². The fraction of sp³-hybridized carbons (Fsp3) is 0.364. The van der Waals surface area contributed by atoms with E-state index in [1.807, 2.05) is 62.4 Å². The third-order valence-corrected chi connectivity index (χ3v) is 5.27. The van der Waals surface area contributed by atoms with Crippen molar-refractivity contribution in [3.05, 3.63) is 59.1 Å². The molecule has 5 nitrogen and oxygen atoms in total. The van der Waals surface area contributed by atoms with Crippen LogP contribution >= 0.6 is 11.6 Å². The van der Waals surface area contributed by atoms with Gasteiger partial charge in [0.1, 0.15) is 6.42 Å². The van der Waals surface area contributed by atoms with Gasteiger partial charge < -0.3 is 14.7 Å². The van der Waals surface area contributed by atoms with Crippen LogP contribution in [0.2, 0.25) is 5.02 Å². The summed E-state index contributed by atoms with van der Waals surface area (Å²) in [6.45, 7) is 7.13. The Morgan fingerprint density at radius 1 is 1.04 bits per heavy atom.